The van der Waals surface area contributed by atoms with E-state index in [0.29, 0.717) is 5.92 Å². The molecule has 3 nitrogen and oxygen atoms in total. The van der Waals surface area contributed by atoms with Gasteiger partial charge in [-0.05, 0) is 56.5 Å². The number of rotatable bonds is 3. The third-order valence-electron chi connectivity index (χ3n) is 4.82. The summed E-state index contributed by atoms with van der Waals surface area (Å²) in [5.74, 6) is 1.38. The van der Waals surface area contributed by atoms with Gasteiger partial charge in [0.25, 0.3) is 0 Å². The molecule has 0 aliphatic heterocycles. The Balaban J connectivity index is 1.99. The maximum absolute atomic E-state index is 9.31. The van der Waals surface area contributed by atoms with Crippen molar-refractivity contribution in [1.82, 2.24) is 9.47 Å². The van der Waals surface area contributed by atoms with Crippen LogP contribution in [0.1, 0.15) is 36.3 Å². The molecule has 0 unspecified atom stereocenters. The van der Waals surface area contributed by atoms with Crippen molar-refractivity contribution in [2.75, 3.05) is 20.6 Å². The molecule has 3 rings (SSSR count). The maximum Gasteiger partial charge on any atom is 0.101 e. The monoisotopic (exact) mass is 281 g/mol. The Morgan fingerprint density at radius 3 is 2.86 bits per heavy atom. The minimum absolute atomic E-state index is 0.642. The van der Waals surface area contributed by atoms with Crippen LogP contribution in [-0.2, 0) is 7.05 Å². The third kappa shape index (κ3) is 2.56. The first-order chi connectivity index (χ1) is 10.1. The molecule has 1 heterocycles. The smallest absolute Gasteiger partial charge is 0.101 e. The largest absolute Gasteiger partial charge is 0.349 e. The Morgan fingerprint density at radius 1 is 1.33 bits per heavy atom. The van der Waals surface area contributed by atoms with Gasteiger partial charge in [0.15, 0.2) is 0 Å². The van der Waals surface area contributed by atoms with E-state index in [2.05, 4.69) is 43.3 Å². The molecule has 1 fully saturated rings. The molecule has 0 N–H and O–H groups in total. The van der Waals surface area contributed by atoms with Gasteiger partial charge in [0.1, 0.15) is 6.07 Å². The van der Waals surface area contributed by atoms with Crippen molar-refractivity contribution in [1.29, 1.82) is 5.26 Å². The van der Waals surface area contributed by atoms with Gasteiger partial charge in [-0.2, -0.15) is 5.26 Å². The zero-order valence-electron chi connectivity index (χ0n) is 13.1. The second-order valence-corrected chi connectivity index (χ2v) is 6.60. The minimum atomic E-state index is 0.642. The van der Waals surface area contributed by atoms with Crippen LogP contribution in [0.2, 0.25) is 0 Å². The summed E-state index contributed by atoms with van der Waals surface area (Å²) in [5, 5.41) is 10.4. The molecule has 0 radical (unpaired) electrons. The van der Waals surface area contributed by atoms with E-state index in [0.717, 1.165) is 28.9 Å². The molecular formula is C18H23N3. The van der Waals surface area contributed by atoms with E-state index in [-0.39, 0.29) is 0 Å². The topological polar surface area (TPSA) is 32.0 Å². The van der Waals surface area contributed by atoms with Crippen LogP contribution in [-0.4, -0.2) is 30.1 Å². The highest BCUT2D eigenvalue weighted by atomic mass is 15.1. The predicted octanol–water partition coefficient (Wildman–Crippen LogP) is 3.50. The molecule has 0 bridgehead atoms. The lowest BCUT2D eigenvalue weighted by molar-refractivity contribution is 0.310. The lowest BCUT2D eigenvalue weighted by Gasteiger charge is -2.23. The van der Waals surface area contributed by atoms with Crippen LogP contribution in [0.3, 0.4) is 0 Å². The first-order valence-electron chi connectivity index (χ1n) is 7.74. The van der Waals surface area contributed by atoms with Gasteiger partial charge in [-0.25, -0.2) is 0 Å². The summed E-state index contributed by atoms with van der Waals surface area (Å²) in [7, 11) is 6.32. The van der Waals surface area contributed by atoms with Crippen LogP contribution >= 0.6 is 0 Å². The average molecular weight is 281 g/mol. The van der Waals surface area contributed by atoms with Crippen molar-refractivity contribution in [2.24, 2.45) is 13.0 Å². The fourth-order valence-corrected chi connectivity index (χ4v) is 3.89. The highest BCUT2D eigenvalue weighted by molar-refractivity contribution is 5.87. The van der Waals surface area contributed by atoms with Crippen LogP contribution < -0.4 is 0 Å². The van der Waals surface area contributed by atoms with Crippen LogP contribution in [0.4, 0.5) is 0 Å². The van der Waals surface area contributed by atoms with Gasteiger partial charge in [0, 0.05) is 30.7 Å². The number of hydrogen-bond acceptors (Lipinski definition) is 2. The Morgan fingerprint density at radius 2 is 2.14 bits per heavy atom. The van der Waals surface area contributed by atoms with E-state index in [1.807, 2.05) is 17.8 Å². The van der Waals surface area contributed by atoms with E-state index in [1.165, 1.54) is 24.8 Å². The van der Waals surface area contributed by atoms with E-state index >= 15 is 0 Å². The summed E-state index contributed by atoms with van der Waals surface area (Å²) < 4.78 is 2.05. The maximum atomic E-state index is 9.31. The highest BCUT2D eigenvalue weighted by Crippen LogP contribution is 2.41. The van der Waals surface area contributed by atoms with E-state index in [1.54, 1.807) is 0 Å². The summed E-state index contributed by atoms with van der Waals surface area (Å²) in [4.78, 5) is 2.30. The third-order valence-corrected chi connectivity index (χ3v) is 4.82. The number of fused-ring (bicyclic) bond motifs is 1. The molecular weight excluding hydrogens is 258 g/mol. The molecule has 3 heteroatoms. The lowest BCUT2D eigenvalue weighted by atomic mass is 9.88. The Labute approximate surface area is 126 Å². The highest BCUT2D eigenvalue weighted by Gasteiger charge is 2.29. The molecule has 0 saturated heterocycles. The summed E-state index contributed by atoms with van der Waals surface area (Å²) in [5.41, 5.74) is 3.35. The summed E-state index contributed by atoms with van der Waals surface area (Å²) in [6.45, 7) is 1.16. The number of nitrogens with zero attached hydrogens (tertiary/aromatic N) is 3. The quantitative estimate of drug-likeness (QED) is 0.862. The van der Waals surface area contributed by atoms with Gasteiger partial charge in [0.2, 0.25) is 0 Å². The van der Waals surface area contributed by atoms with Crippen LogP contribution in [0.25, 0.3) is 10.9 Å². The summed E-state index contributed by atoms with van der Waals surface area (Å²) >= 11 is 0. The molecule has 1 aromatic carbocycles. The predicted molar refractivity (Wildman–Crippen MR) is 86.3 cm³/mol. The molecule has 1 aliphatic rings. The molecule has 0 spiro atoms. The Kier molecular flexibility index (Phi) is 3.73. The zero-order valence-corrected chi connectivity index (χ0v) is 13.1. The molecule has 110 valence electrons. The van der Waals surface area contributed by atoms with Gasteiger partial charge in [-0.1, -0.05) is 12.5 Å². The van der Waals surface area contributed by atoms with Crippen molar-refractivity contribution in [2.45, 2.75) is 25.2 Å². The normalized spacial score (nSPS) is 22.0. The summed E-state index contributed by atoms with van der Waals surface area (Å²) in [6.07, 6.45) is 5.85. The number of aromatic nitrogens is 1. The molecule has 1 aromatic heterocycles. The molecule has 0 amide bonds. The van der Waals surface area contributed by atoms with Crippen molar-refractivity contribution in [3.63, 3.8) is 0 Å². The first kappa shape index (κ1) is 14.2. The van der Waals surface area contributed by atoms with Crippen molar-refractivity contribution >= 4 is 10.9 Å². The lowest BCUT2D eigenvalue weighted by Crippen LogP contribution is -2.23. The molecule has 2 aromatic rings. The Bertz CT molecular complexity index is 690. The van der Waals surface area contributed by atoms with E-state index in [4.69, 9.17) is 0 Å². The van der Waals surface area contributed by atoms with Gasteiger partial charge in [0.05, 0.1) is 5.56 Å². The fourth-order valence-electron chi connectivity index (χ4n) is 3.89. The molecule has 1 saturated carbocycles. The first-order valence-corrected chi connectivity index (χ1v) is 7.74. The summed E-state index contributed by atoms with van der Waals surface area (Å²) in [6, 6.07) is 9.02. The second-order valence-electron chi connectivity index (χ2n) is 6.60. The van der Waals surface area contributed by atoms with Gasteiger partial charge >= 0.3 is 0 Å². The van der Waals surface area contributed by atoms with E-state index in [9.17, 15) is 5.26 Å². The minimum Gasteiger partial charge on any atom is -0.349 e. The van der Waals surface area contributed by atoms with Gasteiger partial charge in [-0.15, -0.1) is 0 Å². The van der Waals surface area contributed by atoms with Crippen molar-refractivity contribution < 1.29 is 0 Å². The van der Waals surface area contributed by atoms with Crippen molar-refractivity contribution in [3.05, 3.63) is 35.5 Å². The fraction of sp³-hybridized carbons (Fsp3) is 0.500. The number of aryl methyl sites for hydroxylation is 1. The van der Waals surface area contributed by atoms with Gasteiger partial charge < -0.3 is 9.47 Å². The number of nitriles is 1. The number of hydrogen-bond donors (Lipinski definition) is 0. The Hall–Kier alpha value is -1.79. The standard InChI is InChI=1S/C18H23N3/c1-20(2)11-14-5-4-6-16(14)13-7-8-18-17(9-13)15(10-19)12-21(18)3/h7-9,12,14,16H,4-6,11H2,1-3H3/t14-,16-/m0/s1. The molecule has 2 atom stereocenters. The van der Waals surface area contributed by atoms with Crippen LogP contribution in [0.15, 0.2) is 24.4 Å². The van der Waals surface area contributed by atoms with Gasteiger partial charge in [-0.3, -0.25) is 0 Å². The van der Waals surface area contributed by atoms with Crippen molar-refractivity contribution in [3.8, 4) is 6.07 Å². The van der Waals surface area contributed by atoms with E-state index < -0.39 is 0 Å². The average Bonchev–Trinajstić information content (AvgIpc) is 3.02. The SMILES string of the molecule is CN(C)C[C@@H]1CCC[C@H]1c1ccc2c(c1)c(C#N)cn2C. The zero-order chi connectivity index (χ0) is 15.0. The molecule has 21 heavy (non-hydrogen) atoms. The van der Waals surface area contributed by atoms with Crippen LogP contribution in [0.5, 0.6) is 0 Å². The number of benzene rings is 1. The van der Waals surface area contributed by atoms with Crippen LogP contribution in [0, 0.1) is 17.2 Å². The molecule has 1 aliphatic carbocycles. The second kappa shape index (κ2) is 5.54.